The summed E-state index contributed by atoms with van der Waals surface area (Å²) in [5.41, 5.74) is 0. The largest absolute Gasteiger partial charge is 0.390 e. The van der Waals surface area contributed by atoms with Crippen LogP contribution in [0.3, 0.4) is 0 Å². The molecule has 2 atom stereocenters. The summed E-state index contributed by atoms with van der Waals surface area (Å²) in [6.07, 6.45) is -1.31. The average Bonchev–Trinajstić information content (AvgIpc) is 2.65. The van der Waals surface area contributed by atoms with Crippen molar-refractivity contribution in [2.75, 3.05) is 5.75 Å². The number of hydrogen-bond acceptors (Lipinski definition) is 5. The summed E-state index contributed by atoms with van der Waals surface area (Å²) >= 11 is 5.20. The zero-order chi connectivity index (χ0) is 11.4. The van der Waals surface area contributed by atoms with Crippen LogP contribution in [-0.4, -0.2) is 27.9 Å². The van der Waals surface area contributed by atoms with E-state index in [0.717, 1.165) is 0 Å². The molecule has 1 heterocycles. The van der Waals surface area contributed by atoms with E-state index in [9.17, 15) is 15.0 Å². The number of aliphatic hydroxyl groups is 2. The van der Waals surface area contributed by atoms with Crippen LogP contribution in [0, 0.1) is 0 Å². The van der Waals surface area contributed by atoms with Gasteiger partial charge in [-0.25, -0.2) is 0 Å². The van der Waals surface area contributed by atoms with Crippen LogP contribution < -0.4 is 0 Å². The Labute approximate surface area is 98.2 Å². The summed E-state index contributed by atoms with van der Waals surface area (Å²) in [5.74, 6) is 0.491. The summed E-state index contributed by atoms with van der Waals surface area (Å²) in [7, 11) is 0. The topological polar surface area (TPSA) is 57.5 Å². The van der Waals surface area contributed by atoms with Gasteiger partial charge in [0.15, 0.2) is 5.78 Å². The van der Waals surface area contributed by atoms with E-state index in [1.807, 2.05) is 0 Å². The van der Waals surface area contributed by atoms with Crippen LogP contribution in [0.2, 0.25) is 0 Å². The standard InChI is InChI=1S/C10H14O3S2/c1-6(11)8-2-3-9(15-8)10(13)7(12)4-5-14/h2-3,7,10,12-14H,4-5H2,1H3. The summed E-state index contributed by atoms with van der Waals surface area (Å²) in [6.45, 7) is 1.48. The highest BCUT2D eigenvalue weighted by molar-refractivity contribution is 7.80. The lowest BCUT2D eigenvalue weighted by atomic mass is 10.1. The molecule has 0 saturated carbocycles. The third-order valence-corrected chi connectivity index (χ3v) is 3.57. The zero-order valence-electron chi connectivity index (χ0n) is 8.38. The molecule has 84 valence electrons. The Kier molecular flexibility index (Phi) is 4.79. The number of hydrogen-bond donors (Lipinski definition) is 3. The first kappa shape index (κ1) is 12.7. The number of thiol groups is 1. The van der Waals surface area contributed by atoms with E-state index in [0.29, 0.717) is 21.9 Å². The van der Waals surface area contributed by atoms with E-state index in [-0.39, 0.29) is 5.78 Å². The molecule has 0 aromatic carbocycles. The van der Waals surface area contributed by atoms with Gasteiger partial charge in [0.1, 0.15) is 6.10 Å². The van der Waals surface area contributed by atoms with Crippen LogP contribution in [0.4, 0.5) is 0 Å². The maximum Gasteiger partial charge on any atom is 0.169 e. The maximum absolute atomic E-state index is 11.0. The van der Waals surface area contributed by atoms with E-state index in [1.165, 1.54) is 18.3 Å². The molecule has 1 rings (SSSR count). The van der Waals surface area contributed by atoms with E-state index in [1.54, 1.807) is 12.1 Å². The van der Waals surface area contributed by atoms with Crippen LogP contribution >= 0.6 is 24.0 Å². The van der Waals surface area contributed by atoms with Gasteiger partial charge in [-0.1, -0.05) is 0 Å². The highest BCUT2D eigenvalue weighted by Gasteiger charge is 2.19. The van der Waals surface area contributed by atoms with Crippen LogP contribution in [0.1, 0.15) is 34.0 Å². The number of aliphatic hydroxyl groups excluding tert-OH is 2. The predicted octanol–water partition coefficient (Wildman–Crippen LogP) is 1.66. The summed E-state index contributed by atoms with van der Waals surface area (Å²) in [6, 6.07) is 3.34. The number of thiophene rings is 1. The summed E-state index contributed by atoms with van der Waals surface area (Å²) in [4.78, 5) is 12.3. The maximum atomic E-state index is 11.0. The van der Waals surface area contributed by atoms with Gasteiger partial charge in [-0.05, 0) is 31.2 Å². The molecule has 0 aliphatic carbocycles. The van der Waals surface area contributed by atoms with Gasteiger partial charge in [0.05, 0.1) is 11.0 Å². The number of rotatable bonds is 5. The van der Waals surface area contributed by atoms with Gasteiger partial charge < -0.3 is 10.2 Å². The number of carbonyl (C=O) groups is 1. The van der Waals surface area contributed by atoms with Gasteiger partial charge in [-0.2, -0.15) is 12.6 Å². The summed E-state index contributed by atoms with van der Waals surface area (Å²) in [5, 5.41) is 19.3. The molecular weight excluding hydrogens is 232 g/mol. The molecule has 3 nitrogen and oxygen atoms in total. The van der Waals surface area contributed by atoms with Gasteiger partial charge in [-0.3, -0.25) is 4.79 Å². The van der Waals surface area contributed by atoms with Crippen LogP contribution in [-0.2, 0) is 0 Å². The first-order valence-corrected chi connectivity index (χ1v) is 6.08. The average molecular weight is 246 g/mol. The lowest BCUT2D eigenvalue weighted by Crippen LogP contribution is -2.17. The second-order valence-electron chi connectivity index (χ2n) is 3.28. The number of Topliss-reactive ketones (excluding diaryl/α,β-unsaturated/α-hetero) is 1. The van der Waals surface area contributed by atoms with E-state index < -0.39 is 12.2 Å². The molecule has 2 N–H and O–H groups in total. The molecule has 1 aromatic heterocycles. The van der Waals surface area contributed by atoms with E-state index in [2.05, 4.69) is 12.6 Å². The molecule has 0 aliphatic heterocycles. The van der Waals surface area contributed by atoms with E-state index >= 15 is 0 Å². The molecule has 0 bridgehead atoms. The lowest BCUT2D eigenvalue weighted by Gasteiger charge is -2.14. The Balaban J connectivity index is 2.73. The van der Waals surface area contributed by atoms with Crippen molar-refractivity contribution in [2.24, 2.45) is 0 Å². The molecule has 0 radical (unpaired) electrons. The normalized spacial score (nSPS) is 14.9. The van der Waals surface area contributed by atoms with Gasteiger partial charge in [0.25, 0.3) is 0 Å². The number of carbonyl (C=O) groups excluding carboxylic acids is 1. The molecule has 0 saturated heterocycles. The third kappa shape index (κ3) is 3.31. The van der Waals surface area contributed by atoms with Gasteiger partial charge in [0.2, 0.25) is 0 Å². The molecule has 5 heteroatoms. The van der Waals surface area contributed by atoms with Crippen molar-refractivity contribution >= 4 is 29.7 Å². The minimum Gasteiger partial charge on any atom is -0.390 e. The first-order chi connectivity index (χ1) is 7.06. The fourth-order valence-corrected chi connectivity index (χ4v) is 2.39. The minimum atomic E-state index is -0.921. The Bertz CT molecular complexity index is 335. The van der Waals surface area contributed by atoms with Crippen molar-refractivity contribution in [3.05, 3.63) is 21.9 Å². The Morgan fingerprint density at radius 1 is 1.53 bits per heavy atom. The molecule has 15 heavy (non-hydrogen) atoms. The van der Waals surface area contributed by atoms with Crippen molar-refractivity contribution in [3.63, 3.8) is 0 Å². The molecule has 0 fully saturated rings. The fraction of sp³-hybridized carbons (Fsp3) is 0.500. The van der Waals surface area contributed by atoms with Gasteiger partial charge in [0, 0.05) is 4.88 Å². The van der Waals surface area contributed by atoms with Crippen molar-refractivity contribution in [1.82, 2.24) is 0 Å². The van der Waals surface area contributed by atoms with Crippen LogP contribution in [0.5, 0.6) is 0 Å². The molecule has 0 spiro atoms. The second-order valence-corrected chi connectivity index (χ2v) is 4.85. The Hall–Kier alpha value is -0.360. The number of ketones is 1. The molecular formula is C10H14O3S2. The van der Waals surface area contributed by atoms with Gasteiger partial charge in [-0.15, -0.1) is 11.3 Å². The highest BCUT2D eigenvalue weighted by atomic mass is 32.1. The highest BCUT2D eigenvalue weighted by Crippen LogP contribution is 2.27. The van der Waals surface area contributed by atoms with Gasteiger partial charge >= 0.3 is 0 Å². The van der Waals surface area contributed by atoms with Crippen LogP contribution in [0.25, 0.3) is 0 Å². The molecule has 2 unspecified atom stereocenters. The van der Waals surface area contributed by atoms with Crippen molar-refractivity contribution in [3.8, 4) is 0 Å². The predicted molar refractivity (Wildman–Crippen MR) is 63.8 cm³/mol. The van der Waals surface area contributed by atoms with Crippen LogP contribution in [0.15, 0.2) is 12.1 Å². The quantitative estimate of drug-likeness (QED) is 0.547. The third-order valence-electron chi connectivity index (χ3n) is 2.05. The first-order valence-electron chi connectivity index (χ1n) is 4.64. The molecule has 1 aromatic rings. The minimum absolute atomic E-state index is 0.0258. The Morgan fingerprint density at radius 2 is 2.20 bits per heavy atom. The lowest BCUT2D eigenvalue weighted by molar-refractivity contribution is 0.0194. The Morgan fingerprint density at radius 3 is 2.67 bits per heavy atom. The molecule has 0 aliphatic rings. The fourth-order valence-electron chi connectivity index (χ4n) is 1.18. The smallest absolute Gasteiger partial charge is 0.169 e. The summed E-state index contributed by atoms with van der Waals surface area (Å²) < 4.78 is 0. The monoisotopic (exact) mass is 246 g/mol. The second kappa shape index (κ2) is 5.65. The van der Waals surface area contributed by atoms with Crippen molar-refractivity contribution in [2.45, 2.75) is 25.6 Å². The zero-order valence-corrected chi connectivity index (χ0v) is 10.1. The SMILES string of the molecule is CC(=O)c1ccc(C(O)C(O)CCS)s1. The molecule has 0 amide bonds. The van der Waals surface area contributed by atoms with E-state index in [4.69, 9.17) is 0 Å². The van der Waals surface area contributed by atoms with Crippen molar-refractivity contribution < 1.29 is 15.0 Å². The van der Waals surface area contributed by atoms with Crippen molar-refractivity contribution in [1.29, 1.82) is 0 Å².